The van der Waals surface area contributed by atoms with Crippen LogP contribution in [0, 0.1) is 0 Å². The van der Waals surface area contributed by atoms with Crippen LogP contribution in [0.3, 0.4) is 0 Å². The zero-order chi connectivity index (χ0) is 55.1. The normalized spacial score (nSPS) is 13.4. The minimum Gasteiger partial charge on any atom is -0.748 e. The minimum absolute atomic E-state index is 0.0844. The quantitative estimate of drug-likeness (QED) is 0.0182. The van der Waals surface area contributed by atoms with Gasteiger partial charge in [-0.1, -0.05) is 42.5 Å². The van der Waals surface area contributed by atoms with Gasteiger partial charge in [-0.2, -0.15) is 0 Å². The van der Waals surface area contributed by atoms with Gasteiger partial charge < -0.3 is 47.0 Å². The van der Waals surface area contributed by atoms with Crippen LogP contribution in [0.25, 0.3) is 43.1 Å². The number of carbonyl (C=O) groups excluding carboxylic acids is 4. The first-order valence-corrected chi connectivity index (χ1v) is 28.0. The van der Waals surface area contributed by atoms with Crippen molar-refractivity contribution >= 4 is 87.0 Å². The molecule has 77 heavy (non-hydrogen) atoms. The molecule has 21 nitrogen and oxygen atoms in total. The molecule has 0 fully saturated rings. The van der Waals surface area contributed by atoms with Crippen LogP contribution in [-0.2, 0) is 55.7 Å². The molecule has 0 bridgehead atoms. The smallest absolute Gasteiger partial charge is 0.261 e. The van der Waals surface area contributed by atoms with E-state index in [1.54, 1.807) is 24.3 Å². The molecule has 2 aliphatic rings. The highest BCUT2D eigenvalue weighted by Crippen LogP contribution is 2.46. The van der Waals surface area contributed by atoms with Gasteiger partial charge in [0.2, 0.25) is 6.20 Å². The zero-order valence-corrected chi connectivity index (χ0v) is 44.3. The first-order valence-electron chi connectivity index (χ1n) is 24.4. The predicted molar refractivity (Wildman–Crippen MR) is 280 cm³/mol. The standard InChI is InChI=1S/C52H52N3O12.2CH4O3S/c1-53-17-5-8-36(34-53)67-33-31-65-29-27-63-25-23-61-21-19-55-51(58)43-15-11-39-37-9-13-41-47-42(14-10-38(45(37)47)40-12-16-44(52(55)59)48(43)46(39)40)50(57)54(49(41)56)18-20-60-22-24-62-26-28-64-30-32-66-35-6-3-2-4-7-35;2*1-5(2,3)4/h2-17,34H,18-33H2,1H3;2*1H3,(H,2,3,4)/q+1;;/p-2. The monoisotopic (exact) mass is 1100 g/mol. The number of aryl methyl sites for hydroxylation is 1. The number of amides is 4. The number of imide groups is 2. The van der Waals surface area contributed by atoms with Gasteiger partial charge in [-0.15, -0.1) is 0 Å². The third-order valence-corrected chi connectivity index (χ3v) is 11.9. The predicted octanol–water partition coefficient (Wildman–Crippen LogP) is 4.33. The van der Waals surface area contributed by atoms with Crippen molar-refractivity contribution in [3.63, 3.8) is 0 Å². The number of benzene rings is 6. The molecule has 3 heterocycles. The van der Waals surface area contributed by atoms with Crippen molar-refractivity contribution < 1.29 is 87.6 Å². The summed E-state index contributed by atoms with van der Waals surface area (Å²) in [7, 11) is -5.90. The van der Waals surface area contributed by atoms with Gasteiger partial charge in [0.25, 0.3) is 23.6 Å². The fraction of sp³-hybridized carbons (Fsp3) is 0.352. The number of rotatable bonds is 26. The molecule has 410 valence electrons. The minimum atomic E-state index is -3.92. The molecule has 0 saturated carbocycles. The van der Waals surface area contributed by atoms with Crippen molar-refractivity contribution in [3.05, 3.63) is 126 Å². The Bertz CT molecular complexity index is 3270. The largest absolute Gasteiger partial charge is 0.748 e. The maximum Gasteiger partial charge on any atom is 0.261 e. The summed E-state index contributed by atoms with van der Waals surface area (Å²) < 4.78 is 101. The zero-order valence-electron chi connectivity index (χ0n) is 42.6. The average molecular weight is 1100 g/mol. The summed E-state index contributed by atoms with van der Waals surface area (Å²) in [4.78, 5) is 58.3. The average Bonchev–Trinajstić information content (AvgIpc) is 3.58. The fourth-order valence-corrected chi connectivity index (χ4v) is 8.77. The van der Waals surface area contributed by atoms with Gasteiger partial charge in [0.15, 0.2) is 11.9 Å². The van der Waals surface area contributed by atoms with Crippen LogP contribution in [0.4, 0.5) is 0 Å². The Labute approximate surface area is 444 Å². The summed E-state index contributed by atoms with van der Waals surface area (Å²) in [5, 5.41) is 6.08. The molecular weight excluding hydrogens is 1040 g/mol. The molecule has 1 aromatic heterocycles. The summed E-state index contributed by atoms with van der Waals surface area (Å²) >= 11 is 0. The van der Waals surface area contributed by atoms with E-state index in [2.05, 4.69) is 0 Å². The maximum absolute atomic E-state index is 14.0. The molecule has 0 atom stereocenters. The van der Waals surface area contributed by atoms with Crippen molar-refractivity contribution in [1.82, 2.24) is 9.80 Å². The molecule has 7 aromatic rings. The van der Waals surface area contributed by atoms with Crippen LogP contribution in [-0.4, -0.2) is 177 Å². The van der Waals surface area contributed by atoms with Crippen LogP contribution in [0.2, 0.25) is 0 Å². The third kappa shape index (κ3) is 15.7. The van der Waals surface area contributed by atoms with E-state index in [1.165, 1.54) is 9.80 Å². The van der Waals surface area contributed by atoms with Gasteiger partial charge in [-0.05, 0) is 74.8 Å². The Hall–Kier alpha value is -6.77. The number of hydrogen-bond acceptors (Lipinski definition) is 18. The number of para-hydroxylation sites is 1. The first-order chi connectivity index (χ1) is 36.9. The number of carbonyl (C=O) groups is 4. The Morgan fingerprint density at radius 1 is 0.403 bits per heavy atom. The number of fused-ring (bicyclic) bond motifs is 2. The lowest BCUT2D eigenvalue weighted by molar-refractivity contribution is -0.671. The third-order valence-electron chi connectivity index (χ3n) is 11.9. The molecule has 0 aliphatic carbocycles. The second-order valence-electron chi connectivity index (χ2n) is 17.5. The number of nitrogens with zero attached hydrogens (tertiary/aromatic N) is 3. The van der Waals surface area contributed by atoms with Crippen LogP contribution in [0.5, 0.6) is 11.5 Å². The van der Waals surface area contributed by atoms with E-state index < -0.39 is 32.1 Å². The Morgan fingerprint density at radius 2 is 0.701 bits per heavy atom. The molecule has 0 spiro atoms. The lowest BCUT2D eigenvalue weighted by Crippen LogP contribution is -2.42. The summed E-state index contributed by atoms with van der Waals surface area (Å²) in [6.07, 6.45) is 5.03. The highest BCUT2D eigenvalue weighted by atomic mass is 32.2. The van der Waals surface area contributed by atoms with E-state index in [0.29, 0.717) is 125 Å². The van der Waals surface area contributed by atoms with Gasteiger partial charge >= 0.3 is 0 Å². The summed E-state index contributed by atoms with van der Waals surface area (Å²) in [5.41, 5.74) is 1.72. The van der Waals surface area contributed by atoms with E-state index in [4.69, 9.17) is 63.8 Å². The lowest BCUT2D eigenvalue weighted by atomic mass is 9.82. The first kappa shape index (κ1) is 57.9. The summed E-state index contributed by atoms with van der Waals surface area (Å²) in [5.74, 6) is 0.0135. The van der Waals surface area contributed by atoms with Gasteiger partial charge in [0.05, 0.1) is 113 Å². The molecule has 23 heteroatoms. The fourth-order valence-electron chi connectivity index (χ4n) is 8.77. The topological polar surface area (TPSA) is 267 Å². The van der Waals surface area contributed by atoms with Crippen LogP contribution in [0.1, 0.15) is 41.4 Å². The van der Waals surface area contributed by atoms with Crippen LogP contribution < -0.4 is 14.0 Å². The molecule has 4 amide bonds. The summed E-state index contributed by atoms with van der Waals surface area (Å²) in [6, 6.07) is 28.0. The summed E-state index contributed by atoms with van der Waals surface area (Å²) in [6.45, 7) is 5.15. The molecule has 0 unspecified atom stereocenters. The lowest BCUT2D eigenvalue weighted by Gasteiger charge is -2.30. The Kier molecular flexibility index (Phi) is 20.3. The van der Waals surface area contributed by atoms with E-state index in [0.717, 1.165) is 43.8 Å². The number of ether oxygens (including phenoxy) is 8. The van der Waals surface area contributed by atoms with E-state index in [9.17, 15) is 19.2 Å². The molecular formula is C54H58N3O18S2-. The van der Waals surface area contributed by atoms with Crippen molar-refractivity contribution in [3.8, 4) is 11.5 Å². The van der Waals surface area contributed by atoms with E-state index >= 15 is 0 Å². The molecule has 0 radical (unpaired) electrons. The molecule has 6 aromatic carbocycles. The maximum atomic E-state index is 14.0. The van der Waals surface area contributed by atoms with Crippen molar-refractivity contribution in [2.24, 2.45) is 7.05 Å². The molecule has 0 N–H and O–H groups in total. The molecule has 2 aliphatic heterocycles. The van der Waals surface area contributed by atoms with Crippen molar-refractivity contribution in [2.45, 2.75) is 0 Å². The van der Waals surface area contributed by atoms with Crippen molar-refractivity contribution in [1.29, 1.82) is 0 Å². The second kappa shape index (κ2) is 27.0. The van der Waals surface area contributed by atoms with Gasteiger partial charge in [0, 0.05) is 51.6 Å². The van der Waals surface area contributed by atoms with Crippen molar-refractivity contribution in [2.75, 3.05) is 118 Å². The Morgan fingerprint density at radius 3 is 1.04 bits per heavy atom. The Balaban J connectivity index is 0.000000790. The van der Waals surface area contributed by atoms with Gasteiger partial charge in [-0.3, -0.25) is 29.0 Å². The SMILES string of the molecule is CS(=O)(=O)[O-].CS(=O)(=O)[O-].C[n+]1cccc(OCCOCCOCCOCCN2C(=O)c3ccc4c5ccc6c7c(ccc(c8ccc(c3c48)C2=O)c75)C(=O)N(CCOCCOCCOCCOc2ccccc2)C6=O)c1. The van der Waals surface area contributed by atoms with Crippen LogP contribution in [0.15, 0.2) is 103 Å². The number of aromatic nitrogens is 1. The second-order valence-corrected chi connectivity index (χ2v) is 20.3. The molecule has 9 rings (SSSR count). The molecule has 0 saturated heterocycles. The highest BCUT2D eigenvalue weighted by Gasteiger charge is 2.36. The van der Waals surface area contributed by atoms with E-state index in [1.807, 2.05) is 90.7 Å². The van der Waals surface area contributed by atoms with Gasteiger partial charge in [0.1, 0.15) is 26.0 Å². The highest BCUT2D eigenvalue weighted by molar-refractivity contribution is 7.85. The van der Waals surface area contributed by atoms with E-state index in [-0.39, 0.29) is 38.1 Å². The van der Waals surface area contributed by atoms with Gasteiger partial charge in [-0.25, -0.2) is 21.4 Å². The number of pyridine rings is 1. The number of hydrogen-bond donors (Lipinski definition) is 0. The van der Waals surface area contributed by atoms with Crippen LogP contribution >= 0.6 is 0 Å².